The van der Waals surface area contributed by atoms with Crippen LogP contribution in [0.2, 0.25) is 0 Å². The summed E-state index contributed by atoms with van der Waals surface area (Å²) in [4.78, 5) is 41.0. The van der Waals surface area contributed by atoms with Gasteiger partial charge in [0.05, 0.1) is 0 Å². The molecule has 0 saturated carbocycles. The molecule has 0 saturated heterocycles. The summed E-state index contributed by atoms with van der Waals surface area (Å²) in [5, 5.41) is 4.74. The van der Waals surface area contributed by atoms with E-state index in [1.165, 1.54) is 6.07 Å². The van der Waals surface area contributed by atoms with Crippen molar-refractivity contribution in [1.29, 1.82) is 0 Å². The van der Waals surface area contributed by atoms with Gasteiger partial charge in [0.1, 0.15) is 5.56 Å². The number of amides is 1. The van der Waals surface area contributed by atoms with E-state index >= 15 is 0 Å². The van der Waals surface area contributed by atoms with Crippen molar-refractivity contribution in [2.24, 2.45) is 5.92 Å². The minimum Gasteiger partial charge on any atom is -0.352 e. The van der Waals surface area contributed by atoms with Crippen LogP contribution in [0.1, 0.15) is 63.9 Å². The number of carbonyl (C=O) groups excluding carboxylic acids is 2. The number of pyridine rings is 1. The molecule has 2 heterocycles. The highest BCUT2D eigenvalue weighted by Gasteiger charge is 2.29. The van der Waals surface area contributed by atoms with Crippen LogP contribution in [0.25, 0.3) is 0 Å². The zero-order valence-electron chi connectivity index (χ0n) is 14.4. The lowest BCUT2D eigenvalue weighted by atomic mass is 9.84. The van der Waals surface area contributed by atoms with Crippen molar-refractivity contribution >= 4 is 23.0 Å². The van der Waals surface area contributed by atoms with Crippen LogP contribution in [0.15, 0.2) is 28.4 Å². The average molecular weight is 358 g/mol. The van der Waals surface area contributed by atoms with E-state index in [9.17, 15) is 14.4 Å². The van der Waals surface area contributed by atoms with Gasteiger partial charge >= 0.3 is 0 Å². The topological polar surface area (TPSA) is 79.0 Å². The quantitative estimate of drug-likeness (QED) is 0.862. The number of aromatic nitrogens is 1. The molecule has 2 N–H and O–H groups in total. The smallest absolute Gasteiger partial charge is 0.261 e. The Hall–Kier alpha value is -2.21. The molecule has 0 radical (unpaired) electrons. The second-order valence-electron chi connectivity index (χ2n) is 6.89. The normalized spacial score (nSPS) is 16.8. The standard InChI is InChI=1S/C19H22N2O3S/c1-11(2)5-6-20-18(23)14-10-13-15(21-19(14)24)8-12(9-16(13)22)17-4-3-7-25-17/h3-4,7,10-12H,5-6,8-9H2,1-2H3,(H,20,23)(H,21,24). The predicted molar refractivity (Wildman–Crippen MR) is 98.6 cm³/mol. The molecule has 5 nitrogen and oxygen atoms in total. The first kappa shape index (κ1) is 17.6. The average Bonchev–Trinajstić information content (AvgIpc) is 3.08. The van der Waals surface area contributed by atoms with Crippen molar-refractivity contribution in [3.05, 3.63) is 55.6 Å². The number of hydrogen-bond donors (Lipinski definition) is 2. The third-order valence-electron chi connectivity index (χ3n) is 4.50. The maximum absolute atomic E-state index is 12.5. The minimum absolute atomic E-state index is 0.0189. The molecule has 25 heavy (non-hydrogen) atoms. The van der Waals surface area contributed by atoms with Crippen molar-refractivity contribution < 1.29 is 9.59 Å². The molecule has 1 amide bonds. The Labute approximate surface area is 150 Å². The number of fused-ring (bicyclic) bond motifs is 1. The highest BCUT2D eigenvalue weighted by atomic mass is 32.1. The van der Waals surface area contributed by atoms with Gasteiger partial charge in [-0.3, -0.25) is 14.4 Å². The van der Waals surface area contributed by atoms with E-state index in [2.05, 4.69) is 24.1 Å². The lowest BCUT2D eigenvalue weighted by Crippen LogP contribution is -2.33. The Morgan fingerprint density at radius 3 is 2.84 bits per heavy atom. The van der Waals surface area contributed by atoms with Gasteiger partial charge in [0, 0.05) is 35.0 Å². The Morgan fingerprint density at radius 2 is 2.16 bits per heavy atom. The first-order chi connectivity index (χ1) is 12.0. The van der Waals surface area contributed by atoms with Gasteiger partial charge in [-0.05, 0) is 36.3 Å². The summed E-state index contributed by atoms with van der Waals surface area (Å²) in [5.74, 6) is 0.129. The highest BCUT2D eigenvalue weighted by Crippen LogP contribution is 2.33. The fraction of sp³-hybridized carbons (Fsp3) is 0.421. The van der Waals surface area contributed by atoms with Gasteiger partial charge in [-0.15, -0.1) is 11.3 Å². The SMILES string of the molecule is CC(C)CCNC(=O)c1cc2c([nH]c1=O)CC(c1cccs1)CC2=O. The van der Waals surface area contributed by atoms with Crippen LogP contribution in [0.5, 0.6) is 0 Å². The number of aromatic amines is 1. The molecule has 1 aliphatic rings. The van der Waals surface area contributed by atoms with Crippen LogP contribution in [0, 0.1) is 5.92 Å². The largest absolute Gasteiger partial charge is 0.352 e. The van der Waals surface area contributed by atoms with Gasteiger partial charge in [-0.25, -0.2) is 0 Å². The summed E-state index contributed by atoms with van der Waals surface area (Å²) in [6.07, 6.45) is 1.87. The Morgan fingerprint density at radius 1 is 1.36 bits per heavy atom. The molecule has 0 aliphatic heterocycles. The summed E-state index contributed by atoms with van der Waals surface area (Å²) in [7, 11) is 0. The Bertz CT molecular complexity index is 837. The molecule has 132 valence electrons. The van der Waals surface area contributed by atoms with Crippen molar-refractivity contribution in [3.8, 4) is 0 Å². The zero-order valence-corrected chi connectivity index (χ0v) is 15.2. The first-order valence-electron chi connectivity index (χ1n) is 8.56. The molecule has 6 heteroatoms. The number of Topliss-reactive ketones (excluding diaryl/α,β-unsaturated/α-hetero) is 1. The summed E-state index contributed by atoms with van der Waals surface area (Å²) >= 11 is 1.62. The van der Waals surface area contributed by atoms with Crippen LogP contribution < -0.4 is 10.9 Å². The lowest BCUT2D eigenvalue weighted by Gasteiger charge is -2.22. The number of rotatable bonds is 5. The van der Waals surface area contributed by atoms with Gasteiger partial charge in [0.25, 0.3) is 11.5 Å². The van der Waals surface area contributed by atoms with Crippen molar-refractivity contribution in [3.63, 3.8) is 0 Å². The van der Waals surface area contributed by atoms with Crippen LogP contribution in [0.3, 0.4) is 0 Å². The number of ketones is 1. The van der Waals surface area contributed by atoms with E-state index in [-0.39, 0.29) is 17.3 Å². The minimum atomic E-state index is -0.430. The van der Waals surface area contributed by atoms with Gasteiger partial charge < -0.3 is 10.3 Å². The van der Waals surface area contributed by atoms with E-state index in [1.54, 1.807) is 11.3 Å². The van der Waals surface area contributed by atoms with E-state index < -0.39 is 11.5 Å². The number of nitrogens with one attached hydrogen (secondary N) is 2. The maximum Gasteiger partial charge on any atom is 0.261 e. The maximum atomic E-state index is 12.5. The Kier molecular flexibility index (Phi) is 5.18. The molecule has 1 aliphatic carbocycles. The third-order valence-corrected chi connectivity index (χ3v) is 5.54. The van der Waals surface area contributed by atoms with Crippen LogP contribution in [-0.2, 0) is 6.42 Å². The third kappa shape index (κ3) is 3.90. The lowest BCUT2D eigenvalue weighted by molar-refractivity contribution is 0.0950. The fourth-order valence-corrected chi connectivity index (χ4v) is 3.92. The molecular formula is C19H22N2O3S. The van der Waals surface area contributed by atoms with Gasteiger partial charge in [0.15, 0.2) is 5.78 Å². The Balaban J connectivity index is 1.82. The fourth-order valence-electron chi connectivity index (χ4n) is 3.09. The second-order valence-corrected chi connectivity index (χ2v) is 7.87. The molecule has 2 aromatic rings. The highest BCUT2D eigenvalue weighted by molar-refractivity contribution is 7.10. The van der Waals surface area contributed by atoms with E-state index in [4.69, 9.17) is 0 Å². The number of carbonyl (C=O) groups is 2. The molecule has 1 atom stereocenters. The van der Waals surface area contributed by atoms with Crippen molar-refractivity contribution in [2.75, 3.05) is 6.54 Å². The molecule has 0 fully saturated rings. The molecular weight excluding hydrogens is 336 g/mol. The van der Waals surface area contributed by atoms with Crippen molar-refractivity contribution in [1.82, 2.24) is 10.3 Å². The van der Waals surface area contributed by atoms with E-state index in [1.807, 2.05) is 17.5 Å². The van der Waals surface area contributed by atoms with Crippen LogP contribution in [-0.4, -0.2) is 23.2 Å². The van der Waals surface area contributed by atoms with Gasteiger partial charge in [0.2, 0.25) is 0 Å². The number of thiophene rings is 1. The summed E-state index contributed by atoms with van der Waals surface area (Å²) < 4.78 is 0. The van der Waals surface area contributed by atoms with E-state index in [0.717, 1.165) is 11.3 Å². The second kappa shape index (κ2) is 7.35. The molecule has 0 bridgehead atoms. The number of H-pyrrole nitrogens is 1. The summed E-state index contributed by atoms with van der Waals surface area (Å²) in [6.45, 7) is 4.66. The molecule has 2 aromatic heterocycles. The van der Waals surface area contributed by atoms with Crippen LogP contribution >= 0.6 is 11.3 Å². The zero-order chi connectivity index (χ0) is 18.0. The van der Waals surface area contributed by atoms with Gasteiger partial charge in [-0.1, -0.05) is 19.9 Å². The van der Waals surface area contributed by atoms with Crippen LogP contribution in [0.4, 0.5) is 0 Å². The van der Waals surface area contributed by atoms with Gasteiger partial charge in [-0.2, -0.15) is 0 Å². The summed E-state index contributed by atoms with van der Waals surface area (Å²) in [6, 6.07) is 5.45. The number of hydrogen-bond acceptors (Lipinski definition) is 4. The monoisotopic (exact) mass is 358 g/mol. The first-order valence-corrected chi connectivity index (χ1v) is 9.44. The molecule has 0 spiro atoms. The predicted octanol–water partition coefficient (Wildman–Crippen LogP) is 3.13. The van der Waals surface area contributed by atoms with Crippen molar-refractivity contribution in [2.45, 2.75) is 39.0 Å². The molecule has 0 aromatic carbocycles. The summed E-state index contributed by atoms with van der Waals surface area (Å²) in [5.41, 5.74) is 0.700. The molecule has 3 rings (SSSR count). The van der Waals surface area contributed by atoms with E-state index in [0.29, 0.717) is 36.6 Å². The molecule has 1 unspecified atom stereocenters.